The quantitative estimate of drug-likeness (QED) is 0.619. The van der Waals surface area contributed by atoms with Crippen molar-refractivity contribution in [1.29, 1.82) is 0 Å². The van der Waals surface area contributed by atoms with Crippen LogP contribution in [-0.2, 0) is 4.79 Å². The van der Waals surface area contributed by atoms with Crippen LogP contribution in [0.25, 0.3) is 0 Å². The summed E-state index contributed by atoms with van der Waals surface area (Å²) < 4.78 is 0. The van der Waals surface area contributed by atoms with Gasteiger partial charge in [0.1, 0.15) is 5.78 Å². The Bertz CT molecular complexity index is 427. The molecule has 6 atom stereocenters. The van der Waals surface area contributed by atoms with Crippen LogP contribution in [0.15, 0.2) is 0 Å². The van der Waals surface area contributed by atoms with Crippen LogP contribution in [0.3, 0.4) is 0 Å². The number of ketones is 1. The van der Waals surface area contributed by atoms with E-state index < -0.39 is 0 Å². The molecular weight excluding hydrogens is 244 g/mol. The van der Waals surface area contributed by atoms with Crippen molar-refractivity contribution in [3.05, 3.63) is 6.42 Å². The molecule has 0 heterocycles. The Hall–Kier alpha value is -0.330. The summed E-state index contributed by atoms with van der Waals surface area (Å²) in [5, 5.41) is 0. The highest BCUT2D eigenvalue weighted by molar-refractivity contribution is 5.87. The van der Waals surface area contributed by atoms with Gasteiger partial charge in [-0.25, -0.2) is 0 Å². The van der Waals surface area contributed by atoms with E-state index in [-0.39, 0.29) is 5.41 Å². The highest BCUT2D eigenvalue weighted by Gasteiger charge is 2.59. The molecule has 4 fully saturated rings. The second-order valence-corrected chi connectivity index (χ2v) is 8.64. The van der Waals surface area contributed by atoms with E-state index in [1.807, 2.05) is 0 Å². The lowest BCUT2D eigenvalue weighted by atomic mass is 9.45. The van der Waals surface area contributed by atoms with E-state index in [2.05, 4.69) is 20.3 Å². The second kappa shape index (κ2) is 4.34. The molecule has 1 heteroatoms. The normalized spacial score (nSPS) is 55.0. The van der Waals surface area contributed by atoms with E-state index >= 15 is 0 Å². The van der Waals surface area contributed by atoms with E-state index in [0.717, 1.165) is 30.1 Å². The second-order valence-electron chi connectivity index (χ2n) is 8.64. The molecule has 0 aromatic rings. The predicted octanol–water partition coefficient (Wildman–Crippen LogP) is 4.80. The van der Waals surface area contributed by atoms with Gasteiger partial charge in [0.25, 0.3) is 0 Å². The first-order valence-corrected chi connectivity index (χ1v) is 8.91. The van der Waals surface area contributed by atoms with Gasteiger partial charge in [0.2, 0.25) is 0 Å². The van der Waals surface area contributed by atoms with Crippen molar-refractivity contribution in [2.75, 3.05) is 0 Å². The summed E-state index contributed by atoms with van der Waals surface area (Å²) in [6.07, 6.45) is 14.1. The Balaban J connectivity index is 1.66. The first-order valence-electron chi connectivity index (χ1n) is 8.91. The minimum absolute atomic E-state index is 0.0607. The number of carbonyl (C=O) groups excluding carboxylic acids is 1. The van der Waals surface area contributed by atoms with Gasteiger partial charge in [-0.3, -0.25) is 4.79 Å². The van der Waals surface area contributed by atoms with Crippen molar-refractivity contribution in [2.45, 2.75) is 71.6 Å². The van der Waals surface area contributed by atoms with E-state index in [0.29, 0.717) is 11.2 Å². The molecule has 0 aromatic heterocycles. The number of carbonyl (C=O) groups is 1. The Morgan fingerprint density at radius 2 is 1.90 bits per heavy atom. The van der Waals surface area contributed by atoms with E-state index in [1.165, 1.54) is 51.4 Å². The molecule has 0 bridgehead atoms. The number of rotatable bonds is 0. The van der Waals surface area contributed by atoms with Gasteiger partial charge in [0.05, 0.1) is 0 Å². The van der Waals surface area contributed by atoms with Gasteiger partial charge in [0.15, 0.2) is 0 Å². The van der Waals surface area contributed by atoms with Gasteiger partial charge < -0.3 is 0 Å². The van der Waals surface area contributed by atoms with Crippen molar-refractivity contribution < 1.29 is 4.79 Å². The third kappa shape index (κ3) is 1.58. The van der Waals surface area contributed by atoms with Gasteiger partial charge in [-0.15, -0.1) is 0 Å². The lowest BCUT2D eigenvalue weighted by molar-refractivity contribution is -0.137. The molecule has 0 aliphatic heterocycles. The largest absolute Gasteiger partial charge is 0.299 e. The SMILES string of the molecule is CC12CCC3C(CCC4C[CH]CCC43C)C1CCC2=O. The van der Waals surface area contributed by atoms with Gasteiger partial charge in [-0.2, -0.15) is 0 Å². The van der Waals surface area contributed by atoms with E-state index in [9.17, 15) is 4.79 Å². The molecular formula is C19H29O. The van der Waals surface area contributed by atoms with Gasteiger partial charge in [-0.05, 0) is 86.9 Å². The van der Waals surface area contributed by atoms with Gasteiger partial charge in [-0.1, -0.05) is 13.8 Å². The molecule has 20 heavy (non-hydrogen) atoms. The summed E-state index contributed by atoms with van der Waals surface area (Å²) in [5.41, 5.74) is 0.649. The maximum Gasteiger partial charge on any atom is 0.139 e. The molecule has 0 amide bonds. The molecule has 0 spiro atoms. The summed E-state index contributed by atoms with van der Waals surface area (Å²) in [7, 11) is 0. The smallest absolute Gasteiger partial charge is 0.139 e. The molecule has 4 aliphatic rings. The third-order valence-electron chi connectivity index (χ3n) is 8.11. The predicted molar refractivity (Wildman–Crippen MR) is 81.0 cm³/mol. The fourth-order valence-electron chi connectivity index (χ4n) is 6.81. The van der Waals surface area contributed by atoms with Crippen LogP contribution >= 0.6 is 0 Å². The Labute approximate surface area is 123 Å². The topological polar surface area (TPSA) is 17.1 Å². The van der Waals surface area contributed by atoms with E-state index in [1.54, 1.807) is 0 Å². The van der Waals surface area contributed by atoms with Crippen molar-refractivity contribution in [3.8, 4) is 0 Å². The van der Waals surface area contributed by atoms with Gasteiger partial charge >= 0.3 is 0 Å². The standard InChI is InChI=1S/C19H29O/c1-18-11-4-3-5-13(18)6-7-14-15-8-9-17(20)19(15,2)12-10-16(14)18/h3,13-16H,4-12H2,1-2H3. The molecule has 0 saturated heterocycles. The lowest BCUT2D eigenvalue weighted by Crippen LogP contribution is -2.52. The number of hydrogen-bond acceptors (Lipinski definition) is 1. The molecule has 4 saturated carbocycles. The molecule has 1 nitrogen and oxygen atoms in total. The summed E-state index contributed by atoms with van der Waals surface area (Å²) in [5.74, 6) is 4.03. The molecule has 4 aliphatic carbocycles. The average molecular weight is 273 g/mol. The van der Waals surface area contributed by atoms with Crippen LogP contribution in [0, 0.1) is 40.9 Å². The minimum Gasteiger partial charge on any atom is -0.299 e. The maximum atomic E-state index is 12.4. The van der Waals surface area contributed by atoms with Crippen LogP contribution in [0.2, 0.25) is 0 Å². The third-order valence-corrected chi connectivity index (χ3v) is 8.11. The zero-order chi connectivity index (χ0) is 14.0. The fourth-order valence-corrected chi connectivity index (χ4v) is 6.81. The summed E-state index contributed by atoms with van der Waals surface area (Å²) >= 11 is 0. The highest BCUT2D eigenvalue weighted by atomic mass is 16.1. The first-order chi connectivity index (χ1) is 9.56. The Kier molecular flexibility index (Phi) is 2.89. The summed E-state index contributed by atoms with van der Waals surface area (Å²) in [6, 6.07) is 0. The maximum absolute atomic E-state index is 12.4. The van der Waals surface area contributed by atoms with Crippen LogP contribution in [0.4, 0.5) is 0 Å². The first kappa shape index (κ1) is 13.3. The molecule has 4 rings (SSSR count). The Morgan fingerprint density at radius 3 is 2.75 bits per heavy atom. The summed E-state index contributed by atoms with van der Waals surface area (Å²) in [4.78, 5) is 12.4. The molecule has 6 unspecified atom stereocenters. The van der Waals surface area contributed by atoms with Crippen molar-refractivity contribution in [3.63, 3.8) is 0 Å². The average Bonchev–Trinajstić information content (AvgIpc) is 2.74. The number of Topliss-reactive ketones (excluding diaryl/α,β-unsaturated/α-hetero) is 1. The van der Waals surface area contributed by atoms with Crippen LogP contribution in [0.1, 0.15) is 71.6 Å². The Morgan fingerprint density at radius 1 is 1.05 bits per heavy atom. The number of fused-ring (bicyclic) bond motifs is 5. The summed E-state index contributed by atoms with van der Waals surface area (Å²) in [6.45, 7) is 4.90. The van der Waals surface area contributed by atoms with Crippen molar-refractivity contribution in [2.24, 2.45) is 34.5 Å². The molecule has 111 valence electrons. The van der Waals surface area contributed by atoms with Crippen LogP contribution in [-0.4, -0.2) is 5.78 Å². The van der Waals surface area contributed by atoms with E-state index in [4.69, 9.17) is 0 Å². The van der Waals surface area contributed by atoms with Crippen LogP contribution in [0.5, 0.6) is 0 Å². The molecule has 0 aromatic carbocycles. The van der Waals surface area contributed by atoms with Crippen molar-refractivity contribution in [1.82, 2.24) is 0 Å². The monoisotopic (exact) mass is 273 g/mol. The van der Waals surface area contributed by atoms with Crippen LogP contribution < -0.4 is 0 Å². The zero-order valence-corrected chi connectivity index (χ0v) is 13.2. The highest BCUT2D eigenvalue weighted by Crippen LogP contribution is 2.65. The number of hydrogen-bond donors (Lipinski definition) is 0. The lowest BCUT2D eigenvalue weighted by Gasteiger charge is -2.59. The molecule has 1 radical (unpaired) electrons. The fraction of sp³-hybridized carbons (Fsp3) is 0.895. The van der Waals surface area contributed by atoms with Gasteiger partial charge in [0, 0.05) is 11.8 Å². The molecule has 0 N–H and O–H groups in total. The van der Waals surface area contributed by atoms with Crippen molar-refractivity contribution >= 4 is 5.78 Å². The zero-order valence-electron chi connectivity index (χ0n) is 13.2. The minimum atomic E-state index is 0.0607.